The number of benzene rings is 2. The lowest BCUT2D eigenvalue weighted by Gasteiger charge is -2.14. The molecule has 9 heteroatoms. The van der Waals surface area contributed by atoms with Crippen molar-refractivity contribution in [3.63, 3.8) is 0 Å². The molecule has 1 N–H and O–H groups in total. The highest BCUT2D eigenvalue weighted by Gasteiger charge is 2.20. The third-order valence-corrected chi connectivity index (χ3v) is 5.44. The molecule has 2 aromatic heterocycles. The van der Waals surface area contributed by atoms with Gasteiger partial charge in [0.15, 0.2) is 0 Å². The molecular formula is C24H20ClFN4O3. The second kappa shape index (κ2) is 8.99. The minimum absolute atomic E-state index is 0.0441. The Morgan fingerprint density at radius 3 is 2.67 bits per heavy atom. The summed E-state index contributed by atoms with van der Waals surface area (Å²) in [7, 11) is 0. The lowest BCUT2D eigenvalue weighted by atomic mass is 10.1. The molecule has 4 rings (SSSR count). The zero-order valence-electron chi connectivity index (χ0n) is 18.1. The Bertz CT molecular complexity index is 1430. The average Bonchev–Trinajstić information content (AvgIpc) is 3.23. The van der Waals surface area contributed by atoms with Gasteiger partial charge in [0.2, 0.25) is 11.7 Å². The van der Waals surface area contributed by atoms with Crippen LogP contribution < -0.4 is 10.9 Å². The number of rotatable bonds is 5. The number of carbonyl (C=O) groups excluding carboxylic acids is 1. The summed E-state index contributed by atoms with van der Waals surface area (Å²) in [6, 6.07) is 12.8. The molecule has 4 aromatic rings. The molecule has 1 amide bonds. The van der Waals surface area contributed by atoms with Gasteiger partial charge in [-0.1, -0.05) is 35.0 Å². The van der Waals surface area contributed by atoms with Crippen LogP contribution in [0.15, 0.2) is 57.8 Å². The third kappa shape index (κ3) is 4.70. The van der Waals surface area contributed by atoms with Gasteiger partial charge < -0.3 is 14.4 Å². The molecule has 2 heterocycles. The number of pyridine rings is 1. The van der Waals surface area contributed by atoms with Crippen LogP contribution in [0.25, 0.3) is 22.8 Å². The molecule has 2 aromatic carbocycles. The van der Waals surface area contributed by atoms with E-state index in [0.717, 1.165) is 0 Å². The second-order valence-electron chi connectivity index (χ2n) is 7.68. The lowest BCUT2D eigenvalue weighted by Crippen LogP contribution is -2.31. The quantitative estimate of drug-likeness (QED) is 0.450. The van der Waals surface area contributed by atoms with Crippen LogP contribution >= 0.6 is 11.6 Å². The van der Waals surface area contributed by atoms with Gasteiger partial charge in [0, 0.05) is 22.0 Å². The molecule has 0 spiro atoms. The molecule has 168 valence electrons. The first-order valence-corrected chi connectivity index (χ1v) is 10.5. The molecule has 0 aliphatic heterocycles. The summed E-state index contributed by atoms with van der Waals surface area (Å²) < 4.78 is 20.2. The number of halogens is 2. The van der Waals surface area contributed by atoms with Gasteiger partial charge in [0.05, 0.1) is 0 Å². The van der Waals surface area contributed by atoms with Crippen LogP contribution in [0.3, 0.4) is 0 Å². The van der Waals surface area contributed by atoms with Crippen molar-refractivity contribution in [3.05, 3.63) is 86.5 Å². The number of aryl methyl sites for hydroxylation is 3. The van der Waals surface area contributed by atoms with Crippen LogP contribution in [-0.2, 0) is 11.3 Å². The van der Waals surface area contributed by atoms with E-state index in [-0.39, 0.29) is 23.8 Å². The Labute approximate surface area is 193 Å². The Morgan fingerprint density at radius 1 is 1.12 bits per heavy atom. The highest BCUT2D eigenvalue weighted by molar-refractivity contribution is 6.30. The summed E-state index contributed by atoms with van der Waals surface area (Å²) in [6.45, 7) is 4.98. The first-order valence-electron chi connectivity index (χ1n) is 10.1. The molecule has 0 atom stereocenters. The van der Waals surface area contributed by atoms with Crippen molar-refractivity contribution in [2.24, 2.45) is 0 Å². The summed E-state index contributed by atoms with van der Waals surface area (Å²) in [5.41, 5.74) is 2.68. The van der Waals surface area contributed by atoms with Crippen molar-refractivity contribution in [1.29, 1.82) is 0 Å². The molecule has 0 unspecified atom stereocenters. The molecule has 0 saturated heterocycles. The SMILES string of the molecule is Cc1ccc(F)cc1NC(=O)Cn1c(C)cc(C)c(-c2nc(-c3cccc(Cl)c3)no2)c1=O. The first-order chi connectivity index (χ1) is 15.7. The zero-order valence-corrected chi connectivity index (χ0v) is 18.9. The summed E-state index contributed by atoms with van der Waals surface area (Å²) in [6.07, 6.45) is 0. The van der Waals surface area contributed by atoms with Crippen molar-refractivity contribution < 1.29 is 13.7 Å². The van der Waals surface area contributed by atoms with Crippen LogP contribution in [0, 0.1) is 26.6 Å². The van der Waals surface area contributed by atoms with Gasteiger partial charge in [-0.25, -0.2) is 4.39 Å². The predicted octanol–water partition coefficient (Wildman–Crippen LogP) is 4.92. The number of nitrogens with zero attached hydrogens (tertiary/aromatic N) is 3. The monoisotopic (exact) mass is 466 g/mol. The van der Waals surface area contributed by atoms with Gasteiger partial charge in [-0.15, -0.1) is 0 Å². The van der Waals surface area contributed by atoms with Crippen molar-refractivity contribution in [2.75, 3.05) is 5.32 Å². The second-order valence-corrected chi connectivity index (χ2v) is 8.11. The van der Waals surface area contributed by atoms with Crippen LogP contribution in [0.4, 0.5) is 10.1 Å². The smallest absolute Gasteiger partial charge is 0.264 e. The molecule has 0 radical (unpaired) electrons. The number of anilines is 1. The van der Waals surface area contributed by atoms with Crippen molar-refractivity contribution in [1.82, 2.24) is 14.7 Å². The van der Waals surface area contributed by atoms with Gasteiger partial charge in [-0.3, -0.25) is 9.59 Å². The van der Waals surface area contributed by atoms with Gasteiger partial charge >= 0.3 is 0 Å². The maximum atomic E-state index is 13.5. The number of hydrogen-bond donors (Lipinski definition) is 1. The fraction of sp³-hybridized carbons (Fsp3) is 0.167. The van der Waals surface area contributed by atoms with Crippen LogP contribution in [0.1, 0.15) is 16.8 Å². The Hall–Kier alpha value is -3.78. The number of nitrogens with one attached hydrogen (secondary N) is 1. The minimum atomic E-state index is -0.464. The van der Waals surface area contributed by atoms with E-state index < -0.39 is 17.3 Å². The normalized spacial score (nSPS) is 10.9. The fourth-order valence-electron chi connectivity index (χ4n) is 3.52. The van der Waals surface area contributed by atoms with Crippen LogP contribution in [0.2, 0.25) is 5.02 Å². The summed E-state index contributed by atoms with van der Waals surface area (Å²) in [5.74, 6) is -0.594. The number of hydrogen-bond acceptors (Lipinski definition) is 5. The fourth-order valence-corrected chi connectivity index (χ4v) is 3.71. The molecule has 0 aliphatic rings. The van der Waals surface area contributed by atoms with E-state index in [4.69, 9.17) is 16.1 Å². The van der Waals surface area contributed by atoms with E-state index in [1.807, 2.05) is 0 Å². The molecule has 7 nitrogen and oxygen atoms in total. The van der Waals surface area contributed by atoms with Crippen molar-refractivity contribution >= 4 is 23.2 Å². The van der Waals surface area contributed by atoms with E-state index in [2.05, 4.69) is 15.5 Å². The van der Waals surface area contributed by atoms with Crippen LogP contribution in [0.5, 0.6) is 0 Å². The average molecular weight is 467 g/mol. The summed E-state index contributed by atoms with van der Waals surface area (Å²) in [4.78, 5) is 30.3. The Balaban J connectivity index is 1.66. The lowest BCUT2D eigenvalue weighted by molar-refractivity contribution is -0.116. The van der Waals surface area contributed by atoms with Crippen LogP contribution in [-0.4, -0.2) is 20.6 Å². The number of amides is 1. The van der Waals surface area contributed by atoms with E-state index in [1.54, 1.807) is 57.2 Å². The zero-order chi connectivity index (χ0) is 23.7. The Morgan fingerprint density at radius 2 is 1.91 bits per heavy atom. The molecule has 0 bridgehead atoms. The van der Waals surface area contributed by atoms with Gasteiger partial charge in [0.1, 0.15) is 17.9 Å². The molecule has 0 saturated carbocycles. The van der Waals surface area contributed by atoms with E-state index in [1.165, 1.54) is 16.7 Å². The van der Waals surface area contributed by atoms with Gasteiger partial charge in [-0.2, -0.15) is 4.98 Å². The molecular weight excluding hydrogens is 447 g/mol. The summed E-state index contributed by atoms with van der Waals surface area (Å²) in [5, 5.41) is 7.14. The topological polar surface area (TPSA) is 90.0 Å². The highest BCUT2D eigenvalue weighted by atomic mass is 35.5. The largest absolute Gasteiger partial charge is 0.333 e. The highest BCUT2D eigenvalue weighted by Crippen LogP contribution is 2.25. The van der Waals surface area contributed by atoms with E-state index >= 15 is 0 Å². The summed E-state index contributed by atoms with van der Waals surface area (Å²) >= 11 is 6.03. The van der Waals surface area contributed by atoms with Gasteiger partial charge in [-0.05, 0) is 62.2 Å². The minimum Gasteiger partial charge on any atom is -0.333 e. The van der Waals surface area contributed by atoms with Gasteiger partial charge in [0.25, 0.3) is 11.4 Å². The molecule has 0 aliphatic carbocycles. The Kier molecular flexibility index (Phi) is 6.11. The first kappa shape index (κ1) is 22.4. The predicted molar refractivity (Wildman–Crippen MR) is 124 cm³/mol. The molecule has 0 fully saturated rings. The number of carbonyl (C=O) groups is 1. The van der Waals surface area contributed by atoms with E-state index in [9.17, 15) is 14.0 Å². The van der Waals surface area contributed by atoms with E-state index in [0.29, 0.717) is 33.1 Å². The maximum Gasteiger partial charge on any atom is 0.264 e. The molecule has 33 heavy (non-hydrogen) atoms. The maximum absolute atomic E-state index is 13.5. The van der Waals surface area contributed by atoms with Crippen molar-refractivity contribution in [2.45, 2.75) is 27.3 Å². The van der Waals surface area contributed by atoms with Crippen molar-refractivity contribution in [3.8, 4) is 22.8 Å². The standard InChI is InChI=1S/C24H20ClFN4O3/c1-13-7-8-18(26)11-19(13)27-20(31)12-30-15(3)9-14(2)21(24(30)32)23-28-22(29-33-23)16-5-4-6-17(25)10-16/h4-11H,12H2,1-3H3,(H,27,31). The number of aromatic nitrogens is 3. The third-order valence-electron chi connectivity index (χ3n) is 5.20.